The van der Waals surface area contributed by atoms with E-state index < -0.39 is 0 Å². The van der Waals surface area contributed by atoms with E-state index in [1.807, 2.05) is 11.0 Å². The van der Waals surface area contributed by atoms with Gasteiger partial charge in [-0.25, -0.2) is 0 Å². The van der Waals surface area contributed by atoms with E-state index in [0.717, 1.165) is 32.2 Å². The van der Waals surface area contributed by atoms with Gasteiger partial charge in [-0.3, -0.25) is 4.79 Å². The summed E-state index contributed by atoms with van der Waals surface area (Å²) in [4.78, 5) is 13.3. The van der Waals surface area contributed by atoms with Crippen LogP contribution in [0.25, 0.3) is 0 Å². The van der Waals surface area contributed by atoms with Crippen LogP contribution in [0.1, 0.15) is 25.7 Å². The van der Waals surface area contributed by atoms with Gasteiger partial charge in [0.25, 0.3) is 0 Å². The molecule has 2 rings (SSSR count). The van der Waals surface area contributed by atoms with Crippen LogP contribution in [0.4, 0.5) is 0 Å². The average molecular weight is 163 g/mol. The van der Waals surface area contributed by atoms with E-state index >= 15 is 0 Å². The number of hydrogen-bond donors (Lipinski definition) is 0. The summed E-state index contributed by atoms with van der Waals surface area (Å²) in [5.74, 6) is 0.302. The first kappa shape index (κ1) is 7.59. The summed E-state index contributed by atoms with van der Waals surface area (Å²) in [7, 11) is 0. The number of carbonyl (C=O) groups excluding carboxylic acids is 1. The van der Waals surface area contributed by atoms with Crippen molar-refractivity contribution in [3.05, 3.63) is 23.9 Å². The number of allylic oxidation sites excluding steroid dienone is 4. The van der Waals surface area contributed by atoms with Crippen molar-refractivity contribution in [1.29, 1.82) is 0 Å². The van der Waals surface area contributed by atoms with E-state index in [-0.39, 0.29) is 0 Å². The zero-order chi connectivity index (χ0) is 8.39. The topological polar surface area (TPSA) is 20.3 Å². The number of amides is 1. The number of carbonyl (C=O) groups is 1. The third-order valence-corrected chi connectivity index (χ3v) is 2.41. The Balaban J connectivity index is 2.12. The average Bonchev–Trinajstić information content (AvgIpc) is 2.53. The fourth-order valence-corrected chi connectivity index (χ4v) is 1.77. The number of nitrogens with zero attached hydrogens (tertiary/aromatic N) is 1. The molecule has 1 heterocycles. The Morgan fingerprint density at radius 1 is 1.33 bits per heavy atom. The monoisotopic (exact) mass is 163 g/mol. The summed E-state index contributed by atoms with van der Waals surface area (Å²) < 4.78 is 0. The molecule has 1 fully saturated rings. The molecule has 12 heavy (non-hydrogen) atoms. The molecular formula is C10H13NO. The van der Waals surface area contributed by atoms with Crippen molar-refractivity contribution in [2.24, 2.45) is 0 Å². The van der Waals surface area contributed by atoms with Gasteiger partial charge in [0.05, 0.1) is 0 Å². The Labute approximate surface area is 72.6 Å². The molecule has 0 bridgehead atoms. The maximum absolute atomic E-state index is 11.3. The van der Waals surface area contributed by atoms with Gasteiger partial charge in [0.15, 0.2) is 0 Å². The Morgan fingerprint density at radius 2 is 2.25 bits per heavy atom. The number of hydrogen-bond acceptors (Lipinski definition) is 1. The minimum Gasteiger partial charge on any atom is -0.316 e. The lowest BCUT2D eigenvalue weighted by Crippen LogP contribution is -2.24. The predicted octanol–water partition coefficient (Wildman–Crippen LogP) is 1.84. The highest BCUT2D eigenvalue weighted by Crippen LogP contribution is 2.22. The molecule has 1 aliphatic heterocycles. The van der Waals surface area contributed by atoms with E-state index in [0.29, 0.717) is 5.91 Å². The van der Waals surface area contributed by atoms with Gasteiger partial charge >= 0.3 is 0 Å². The van der Waals surface area contributed by atoms with Gasteiger partial charge in [-0.2, -0.15) is 0 Å². The molecule has 0 radical (unpaired) electrons. The molecule has 1 aliphatic carbocycles. The summed E-state index contributed by atoms with van der Waals surface area (Å²) in [6, 6.07) is 0. The van der Waals surface area contributed by atoms with Gasteiger partial charge in [0, 0.05) is 18.7 Å². The molecule has 1 amide bonds. The van der Waals surface area contributed by atoms with E-state index in [1.54, 1.807) is 0 Å². The zero-order valence-corrected chi connectivity index (χ0v) is 7.12. The lowest BCUT2D eigenvalue weighted by molar-refractivity contribution is -0.126. The summed E-state index contributed by atoms with van der Waals surface area (Å²) in [6.07, 6.45) is 10.1. The predicted molar refractivity (Wildman–Crippen MR) is 47.4 cm³/mol. The third kappa shape index (κ3) is 1.29. The first-order valence-corrected chi connectivity index (χ1v) is 4.54. The first-order chi connectivity index (χ1) is 5.88. The van der Waals surface area contributed by atoms with Crippen LogP contribution in [0, 0.1) is 0 Å². The molecule has 0 atom stereocenters. The van der Waals surface area contributed by atoms with Gasteiger partial charge < -0.3 is 4.90 Å². The maximum Gasteiger partial charge on any atom is 0.226 e. The molecule has 0 aromatic rings. The van der Waals surface area contributed by atoms with Crippen molar-refractivity contribution < 1.29 is 4.79 Å². The fourth-order valence-electron chi connectivity index (χ4n) is 1.77. The second-order valence-electron chi connectivity index (χ2n) is 3.27. The van der Waals surface area contributed by atoms with Crippen LogP contribution in [0.5, 0.6) is 0 Å². The van der Waals surface area contributed by atoms with Gasteiger partial charge in [0.2, 0.25) is 5.91 Å². The second kappa shape index (κ2) is 3.13. The summed E-state index contributed by atoms with van der Waals surface area (Å²) >= 11 is 0. The molecule has 2 aliphatic rings. The molecule has 2 heteroatoms. The second-order valence-corrected chi connectivity index (χ2v) is 3.27. The minimum absolute atomic E-state index is 0.302. The highest BCUT2D eigenvalue weighted by atomic mass is 16.2. The molecule has 1 saturated heterocycles. The summed E-state index contributed by atoms with van der Waals surface area (Å²) in [5.41, 5.74) is 1.21. The lowest BCUT2D eigenvalue weighted by atomic mass is 10.1. The van der Waals surface area contributed by atoms with Crippen LogP contribution >= 0.6 is 0 Å². The lowest BCUT2D eigenvalue weighted by Gasteiger charge is -2.20. The zero-order valence-electron chi connectivity index (χ0n) is 7.12. The first-order valence-electron chi connectivity index (χ1n) is 4.54. The molecule has 2 nitrogen and oxygen atoms in total. The Morgan fingerprint density at radius 3 is 2.83 bits per heavy atom. The van der Waals surface area contributed by atoms with Crippen LogP contribution in [0.3, 0.4) is 0 Å². The van der Waals surface area contributed by atoms with Crippen molar-refractivity contribution in [2.75, 3.05) is 6.54 Å². The summed E-state index contributed by atoms with van der Waals surface area (Å²) in [5, 5.41) is 0. The van der Waals surface area contributed by atoms with Crippen molar-refractivity contribution in [3.8, 4) is 0 Å². The van der Waals surface area contributed by atoms with Crippen LogP contribution in [-0.4, -0.2) is 17.4 Å². The maximum atomic E-state index is 11.3. The van der Waals surface area contributed by atoms with Crippen molar-refractivity contribution >= 4 is 5.91 Å². The SMILES string of the molecule is O=C1CCCN1C1=CC=CCC1. The van der Waals surface area contributed by atoms with Crippen LogP contribution in [0.15, 0.2) is 23.9 Å². The van der Waals surface area contributed by atoms with Crippen molar-refractivity contribution in [3.63, 3.8) is 0 Å². The van der Waals surface area contributed by atoms with Gasteiger partial charge in [-0.05, 0) is 25.3 Å². The highest BCUT2D eigenvalue weighted by Gasteiger charge is 2.22. The van der Waals surface area contributed by atoms with Crippen molar-refractivity contribution in [2.45, 2.75) is 25.7 Å². The van der Waals surface area contributed by atoms with E-state index in [4.69, 9.17) is 0 Å². The Hall–Kier alpha value is -1.05. The molecule has 0 aromatic heterocycles. The van der Waals surface area contributed by atoms with Crippen LogP contribution < -0.4 is 0 Å². The van der Waals surface area contributed by atoms with Gasteiger partial charge in [-0.1, -0.05) is 12.2 Å². The van der Waals surface area contributed by atoms with E-state index in [9.17, 15) is 4.79 Å². The number of rotatable bonds is 1. The largest absolute Gasteiger partial charge is 0.316 e. The normalized spacial score (nSPS) is 23.2. The summed E-state index contributed by atoms with van der Waals surface area (Å²) in [6.45, 7) is 0.929. The Kier molecular flexibility index (Phi) is 1.98. The highest BCUT2D eigenvalue weighted by molar-refractivity contribution is 5.80. The molecular weight excluding hydrogens is 150 g/mol. The van der Waals surface area contributed by atoms with Crippen molar-refractivity contribution in [1.82, 2.24) is 4.90 Å². The molecule has 64 valence electrons. The third-order valence-electron chi connectivity index (χ3n) is 2.41. The molecule has 0 saturated carbocycles. The van der Waals surface area contributed by atoms with E-state index in [1.165, 1.54) is 5.70 Å². The van der Waals surface area contributed by atoms with Crippen LogP contribution in [0.2, 0.25) is 0 Å². The molecule has 0 unspecified atom stereocenters. The quantitative estimate of drug-likeness (QED) is 0.577. The Bertz CT molecular complexity index is 253. The van der Waals surface area contributed by atoms with Crippen LogP contribution in [-0.2, 0) is 4.79 Å². The van der Waals surface area contributed by atoms with Gasteiger partial charge in [-0.15, -0.1) is 0 Å². The fraction of sp³-hybridized carbons (Fsp3) is 0.500. The standard InChI is InChI=1S/C10H13NO/c12-10-7-4-8-11(10)9-5-2-1-3-6-9/h1-2,5H,3-4,6-8H2. The smallest absolute Gasteiger partial charge is 0.226 e. The molecule has 0 N–H and O–H groups in total. The van der Waals surface area contributed by atoms with E-state index in [2.05, 4.69) is 12.2 Å². The van der Waals surface area contributed by atoms with Gasteiger partial charge in [0.1, 0.15) is 0 Å². The number of likely N-dealkylation sites (tertiary alicyclic amines) is 1. The molecule has 0 spiro atoms. The molecule has 0 aromatic carbocycles. The minimum atomic E-state index is 0.302.